The second-order valence-electron chi connectivity index (χ2n) is 8.92. The van der Waals surface area contributed by atoms with E-state index in [-0.39, 0.29) is 47.0 Å². The van der Waals surface area contributed by atoms with Gasteiger partial charge in [0.2, 0.25) is 26.0 Å². The van der Waals surface area contributed by atoms with E-state index in [2.05, 4.69) is 0 Å². The number of hydrogen-bond acceptors (Lipinski definition) is 8. The summed E-state index contributed by atoms with van der Waals surface area (Å²) in [6.45, 7) is 1.70. The average Bonchev–Trinajstić information content (AvgIpc) is 3.22. The van der Waals surface area contributed by atoms with Crippen LogP contribution in [0.25, 0.3) is 0 Å². The largest absolute Gasteiger partial charge is 0.462 e. The van der Waals surface area contributed by atoms with Gasteiger partial charge in [0.25, 0.3) is 5.91 Å². The zero-order valence-corrected chi connectivity index (χ0v) is 23.1. The van der Waals surface area contributed by atoms with Gasteiger partial charge in [0.05, 0.1) is 34.1 Å². The molecule has 1 atom stereocenters. The SMILES string of the molecule is CCOC(=O)c1ccc(N2C(=O)CC(N(CCc3ccc(S(N)(=O)=O)cc3)S(=O)(=O)c3ccccc3)C2=O)cc1. The Kier molecular flexibility index (Phi) is 8.49. The highest BCUT2D eigenvalue weighted by atomic mass is 32.2. The fourth-order valence-corrected chi connectivity index (χ4v) is 6.45. The van der Waals surface area contributed by atoms with Gasteiger partial charge in [-0.3, -0.25) is 9.59 Å². The lowest BCUT2D eigenvalue weighted by atomic mass is 10.1. The Morgan fingerprint density at radius 1 is 0.925 bits per heavy atom. The van der Waals surface area contributed by atoms with E-state index in [1.165, 1.54) is 60.7 Å². The van der Waals surface area contributed by atoms with E-state index in [9.17, 15) is 31.2 Å². The number of esters is 1. The Balaban J connectivity index is 1.63. The highest BCUT2D eigenvalue weighted by molar-refractivity contribution is 7.89. The lowest BCUT2D eigenvalue weighted by molar-refractivity contribution is -0.122. The van der Waals surface area contributed by atoms with E-state index in [4.69, 9.17) is 9.88 Å². The van der Waals surface area contributed by atoms with Crippen LogP contribution in [-0.4, -0.2) is 58.1 Å². The number of nitrogens with zero attached hydrogens (tertiary/aromatic N) is 2. The van der Waals surface area contributed by atoms with E-state index in [0.717, 1.165) is 9.21 Å². The van der Waals surface area contributed by atoms with Gasteiger partial charge in [0.15, 0.2) is 0 Å². The molecular formula is C27H27N3O8S2. The molecule has 1 fully saturated rings. The quantitative estimate of drug-likeness (QED) is 0.279. The Morgan fingerprint density at radius 2 is 1.55 bits per heavy atom. The maximum absolute atomic E-state index is 13.7. The lowest BCUT2D eigenvalue weighted by Crippen LogP contribution is -2.46. The molecule has 1 aliphatic heterocycles. The summed E-state index contributed by atoms with van der Waals surface area (Å²) in [6.07, 6.45) is -0.252. The standard InChI is InChI=1S/C27H27N3O8S2/c1-2-38-27(33)20-10-12-21(13-11-20)30-25(31)18-24(26(30)32)29(40(36,37)23-6-4-3-5-7-23)17-16-19-8-14-22(15-9-19)39(28,34)35/h3-15,24H,2,16-18H2,1H3,(H2,28,34,35). The first-order valence-corrected chi connectivity index (χ1v) is 15.2. The monoisotopic (exact) mass is 585 g/mol. The number of carbonyl (C=O) groups excluding carboxylic acids is 3. The molecule has 3 aromatic carbocycles. The number of nitrogens with two attached hydrogens (primary N) is 1. The molecule has 210 valence electrons. The molecule has 1 aliphatic rings. The number of carbonyl (C=O) groups is 3. The van der Waals surface area contributed by atoms with Gasteiger partial charge in [0, 0.05) is 6.54 Å². The van der Waals surface area contributed by atoms with Crippen LogP contribution in [-0.2, 0) is 40.8 Å². The van der Waals surface area contributed by atoms with E-state index < -0.39 is 43.9 Å². The van der Waals surface area contributed by atoms with Crippen LogP contribution in [0.3, 0.4) is 0 Å². The number of benzene rings is 3. The van der Waals surface area contributed by atoms with Crippen molar-refractivity contribution in [3.63, 3.8) is 0 Å². The smallest absolute Gasteiger partial charge is 0.338 e. The van der Waals surface area contributed by atoms with Gasteiger partial charge in [-0.05, 0) is 67.4 Å². The van der Waals surface area contributed by atoms with Crippen LogP contribution in [0.2, 0.25) is 0 Å². The van der Waals surface area contributed by atoms with E-state index in [0.29, 0.717) is 5.56 Å². The molecule has 0 saturated carbocycles. The normalized spacial score (nSPS) is 16.0. The number of ether oxygens (including phenoxy) is 1. The van der Waals surface area contributed by atoms with Gasteiger partial charge >= 0.3 is 5.97 Å². The van der Waals surface area contributed by atoms with Gasteiger partial charge in [0.1, 0.15) is 6.04 Å². The molecule has 0 aliphatic carbocycles. The van der Waals surface area contributed by atoms with Crippen LogP contribution in [0.1, 0.15) is 29.3 Å². The molecule has 0 bridgehead atoms. The summed E-state index contributed by atoms with van der Waals surface area (Å²) in [5, 5.41) is 5.15. The molecule has 2 amide bonds. The number of amides is 2. The second-order valence-corrected chi connectivity index (χ2v) is 12.4. The van der Waals surface area contributed by atoms with Crippen LogP contribution in [0, 0.1) is 0 Å². The summed E-state index contributed by atoms with van der Waals surface area (Å²) in [4.78, 5) is 39.3. The van der Waals surface area contributed by atoms with Gasteiger partial charge in [-0.15, -0.1) is 0 Å². The molecule has 1 unspecified atom stereocenters. The number of imide groups is 1. The molecule has 13 heteroatoms. The van der Waals surface area contributed by atoms with Crippen molar-refractivity contribution in [3.05, 3.63) is 90.0 Å². The van der Waals surface area contributed by atoms with E-state index >= 15 is 0 Å². The maximum atomic E-state index is 13.7. The summed E-state index contributed by atoms with van der Waals surface area (Å²) in [7, 11) is -8.12. The van der Waals surface area contributed by atoms with Crippen molar-refractivity contribution in [1.82, 2.24) is 4.31 Å². The van der Waals surface area contributed by atoms with Crippen LogP contribution >= 0.6 is 0 Å². The summed E-state index contributed by atoms with van der Waals surface area (Å²) >= 11 is 0. The molecule has 40 heavy (non-hydrogen) atoms. The molecule has 0 radical (unpaired) electrons. The predicted molar refractivity (Wildman–Crippen MR) is 145 cm³/mol. The molecule has 4 rings (SSSR count). The minimum Gasteiger partial charge on any atom is -0.462 e. The van der Waals surface area contributed by atoms with Crippen molar-refractivity contribution in [1.29, 1.82) is 0 Å². The zero-order valence-electron chi connectivity index (χ0n) is 21.5. The van der Waals surface area contributed by atoms with Crippen molar-refractivity contribution < 1.29 is 36.0 Å². The van der Waals surface area contributed by atoms with Crippen molar-refractivity contribution in [3.8, 4) is 0 Å². The fourth-order valence-electron chi connectivity index (χ4n) is 4.33. The maximum Gasteiger partial charge on any atom is 0.338 e. The van der Waals surface area contributed by atoms with Gasteiger partial charge < -0.3 is 4.74 Å². The van der Waals surface area contributed by atoms with Gasteiger partial charge in [-0.2, -0.15) is 4.31 Å². The Morgan fingerprint density at radius 3 is 2.12 bits per heavy atom. The Bertz CT molecular complexity index is 1620. The topological polar surface area (TPSA) is 161 Å². The van der Waals surface area contributed by atoms with Crippen LogP contribution < -0.4 is 10.0 Å². The molecular weight excluding hydrogens is 558 g/mol. The fraction of sp³-hybridized carbons (Fsp3) is 0.222. The Labute approximate surface area is 232 Å². The van der Waals surface area contributed by atoms with Crippen molar-refractivity contribution in [2.45, 2.75) is 35.6 Å². The molecule has 1 heterocycles. The third-order valence-corrected chi connectivity index (χ3v) is 9.18. The number of primary sulfonamides is 1. The number of sulfonamides is 2. The number of rotatable bonds is 10. The number of hydrogen-bond donors (Lipinski definition) is 1. The highest BCUT2D eigenvalue weighted by Crippen LogP contribution is 2.30. The minimum atomic E-state index is -4.22. The summed E-state index contributed by atoms with van der Waals surface area (Å²) in [5.74, 6) is -1.87. The molecule has 2 N–H and O–H groups in total. The zero-order chi connectivity index (χ0) is 29.1. The highest BCUT2D eigenvalue weighted by Gasteiger charge is 2.46. The van der Waals surface area contributed by atoms with Crippen molar-refractivity contribution in [2.75, 3.05) is 18.1 Å². The third kappa shape index (κ3) is 6.12. The lowest BCUT2D eigenvalue weighted by Gasteiger charge is -2.27. The Hall–Kier alpha value is -3.91. The molecule has 11 nitrogen and oxygen atoms in total. The van der Waals surface area contributed by atoms with Crippen molar-refractivity contribution >= 4 is 43.5 Å². The van der Waals surface area contributed by atoms with Gasteiger partial charge in [-0.25, -0.2) is 31.7 Å². The van der Waals surface area contributed by atoms with Crippen LogP contribution in [0.15, 0.2) is 88.7 Å². The molecule has 0 aromatic heterocycles. The van der Waals surface area contributed by atoms with Crippen molar-refractivity contribution in [2.24, 2.45) is 5.14 Å². The van der Waals surface area contributed by atoms with Gasteiger partial charge in [-0.1, -0.05) is 30.3 Å². The predicted octanol–water partition coefficient (Wildman–Crippen LogP) is 2.08. The average molecular weight is 586 g/mol. The first kappa shape index (κ1) is 29.1. The molecule has 1 saturated heterocycles. The summed E-state index contributed by atoms with van der Waals surface area (Å²) in [5.41, 5.74) is 1.04. The number of anilines is 1. The van der Waals surface area contributed by atoms with E-state index in [1.807, 2.05) is 0 Å². The van der Waals surface area contributed by atoms with Crippen LogP contribution in [0.4, 0.5) is 5.69 Å². The molecule has 3 aromatic rings. The van der Waals surface area contributed by atoms with E-state index in [1.54, 1.807) is 25.1 Å². The van der Waals surface area contributed by atoms with Crippen LogP contribution in [0.5, 0.6) is 0 Å². The summed E-state index contributed by atoms with van der Waals surface area (Å²) in [6, 6.07) is 17.6. The molecule has 0 spiro atoms. The second kappa shape index (κ2) is 11.7. The minimum absolute atomic E-state index is 0.0444. The third-order valence-electron chi connectivity index (χ3n) is 6.33. The first-order valence-electron chi connectivity index (χ1n) is 12.3. The summed E-state index contributed by atoms with van der Waals surface area (Å²) < 4.78 is 56.5. The first-order chi connectivity index (χ1) is 18.9.